The molecule has 0 radical (unpaired) electrons. The molecule has 100 valence electrons. The summed E-state index contributed by atoms with van der Waals surface area (Å²) in [6.07, 6.45) is 1.30. The lowest BCUT2D eigenvalue weighted by atomic mass is 10.2. The third kappa shape index (κ3) is 2.54. The van der Waals surface area contributed by atoms with E-state index in [-0.39, 0.29) is 11.4 Å². The van der Waals surface area contributed by atoms with Crippen LogP contribution in [0.1, 0.15) is 16.1 Å². The van der Waals surface area contributed by atoms with Crippen LogP contribution in [0.3, 0.4) is 0 Å². The highest BCUT2D eigenvalue weighted by Crippen LogP contribution is 2.11. The molecule has 0 aliphatic heterocycles. The first-order valence-electron chi connectivity index (χ1n) is 5.24. The number of carbonyl (C=O) groups is 1. The summed E-state index contributed by atoms with van der Waals surface area (Å²) in [6.45, 7) is 0. The molecule has 0 unspecified atom stereocenters. The number of nitriles is 1. The lowest BCUT2D eigenvalue weighted by molar-refractivity contribution is 0.102. The van der Waals surface area contributed by atoms with Crippen molar-refractivity contribution in [1.82, 2.24) is 15.0 Å². The third-order valence-electron chi connectivity index (χ3n) is 2.28. The molecule has 9 nitrogen and oxygen atoms in total. The van der Waals surface area contributed by atoms with Gasteiger partial charge in [-0.2, -0.15) is 5.26 Å². The maximum atomic E-state index is 11.9. The second-order valence-corrected chi connectivity index (χ2v) is 3.63. The lowest BCUT2D eigenvalue weighted by Gasteiger charge is -2.05. The molecular formula is C11H7N5O4. The van der Waals surface area contributed by atoms with E-state index < -0.39 is 28.6 Å². The molecule has 2 aromatic rings. The van der Waals surface area contributed by atoms with Gasteiger partial charge in [0.25, 0.3) is 11.5 Å². The van der Waals surface area contributed by atoms with E-state index in [9.17, 15) is 19.5 Å². The molecule has 0 bridgehead atoms. The molecule has 9 heteroatoms. The van der Waals surface area contributed by atoms with Gasteiger partial charge in [0.15, 0.2) is 5.56 Å². The van der Waals surface area contributed by atoms with Gasteiger partial charge < -0.3 is 10.4 Å². The minimum absolute atomic E-state index is 0.0717. The number of hydrogen-bond donors (Lipinski definition) is 4. The van der Waals surface area contributed by atoms with Crippen LogP contribution in [0.4, 0.5) is 5.69 Å². The van der Waals surface area contributed by atoms with Crippen LogP contribution >= 0.6 is 0 Å². The van der Waals surface area contributed by atoms with Crippen LogP contribution < -0.4 is 16.6 Å². The van der Waals surface area contributed by atoms with E-state index in [2.05, 4.69) is 10.3 Å². The van der Waals surface area contributed by atoms with Gasteiger partial charge in [0.2, 0.25) is 5.88 Å². The summed E-state index contributed by atoms with van der Waals surface area (Å²) in [5, 5.41) is 20.4. The van der Waals surface area contributed by atoms with Gasteiger partial charge >= 0.3 is 5.69 Å². The zero-order chi connectivity index (χ0) is 14.7. The fraction of sp³-hybridized carbons (Fsp3) is 0. The summed E-state index contributed by atoms with van der Waals surface area (Å²) in [6, 6.07) is 4.47. The molecule has 2 rings (SSSR count). The largest absolute Gasteiger partial charge is 0.494 e. The van der Waals surface area contributed by atoms with Crippen LogP contribution in [-0.4, -0.2) is 26.0 Å². The highest BCUT2D eigenvalue weighted by Gasteiger charge is 2.17. The van der Waals surface area contributed by atoms with Gasteiger partial charge in [0.05, 0.1) is 0 Å². The first kappa shape index (κ1) is 13.0. The molecule has 0 fully saturated rings. The predicted molar refractivity (Wildman–Crippen MR) is 66.3 cm³/mol. The molecule has 0 aliphatic rings. The monoisotopic (exact) mass is 273 g/mol. The second kappa shape index (κ2) is 5.07. The number of carbonyl (C=O) groups excluding carboxylic acids is 1. The SMILES string of the molecule is N#Cc1cc(NC(=O)c2c(O)[nH]c(=O)[nH]c2=O)ccn1. The Morgan fingerprint density at radius 2 is 2.15 bits per heavy atom. The summed E-state index contributed by atoms with van der Waals surface area (Å²) in [5.41, 5.74) is -2.31. The van der Waals surface area contributed by atoms with Crippen LogP contribution in [-0.2, 0) is 0 Å². The number of hydrogen-bond acceptors (Lipinski definition) is 6. The van der Waals surface area contributed by atoms with Crippen molar-refractivity contribution in [3.8, 4) is 11.9 Å². The number of aromatic amines is 2. The second-order valence-electron chi connectivity index (χ2n) is 3.63. The molecule has 0 aliphatic carbocycles. The molecule has 20 heavy (non-hydrogen) atoms. The minimum Gasteiger partial charge on any atom is -0.494 e. The summed E-state index contributed by atoms with van der Waals surface area (Å²) in [5.74, 6) is -1.78. The van der Waals surface area contributed by atoms with E-state index in [4.69, 9.17) is 5.26 Å². The van der Waals surface area contributed by atoms with Crippen LogP contribution in [0.2, 0.25) is 0 Å². The zero-order valence-corrected chi connectivity index (χ0v) is 9.80. The Bertz CT molecular complexity index is 830. The normalized spacial score (nSPS) is 9.75. The third-order valence-corrected chi connectivity index (χ3v) is 2.28. The van der Waals surface area contributed by atoms with Crippen molar-refractivity contribution in [1.29, 1.82) is 5.26 Å². The van der Waals surface area contributed by atoms with E-state index >= 15 is 0 Å². The number of aromatic hydroxyl groups is 1. The fourth-order valence-electron chi connectivity index (χ4n) is 1.45. The molecule has 0 aromatic carbocycles. The van der Waals surface area contributed by atoms with E-state index in [1.54, 1.807) is 6.07 Å². The van der Waals surface area contributed by atoms with Gasteiger partial charge in [-0.3, -0.25) is 19.6 Å². The number of aromatic nitrogens is 3. The number of nitrogens with zero attached hydrogens (tertiary/aromatic N) is 2. The Morgan fingerprint density at radius 3 is 2.80 bits per heavy atom. The minimum atomic E-state index is -1.03. The van der Waals surface area contributed by atoms with Crippen LogP contribution in [0, 0.1) is 11.3 Å². The molecule has 4 N–H and O–H groups in total. The lowest BCUT2D eigenvalue weighted by Crippen LogP contribution is -2.30. The number of rotatable bonds is 2. The molecule has 2 aromatic heterocycles. The smallest absolute Gasteiger partial charge is 0.328 e. The average Bonchev–Trinajstić information content (AvgIpc) is 2.37. The van der Waals surface area contributed by atoms with E-state index in [0.29, 0.717) is 0 Å². The first-order chi connectivity index (χ1) is 9.51. The van der Waals surface area contributed by atoms with Gasteiger partial charge in [0, 0.05) is 11.9 Å². The number of nitrogens with one attached hydrogen (secondary N) is 3. The molecular weight excluding hydrogens is 266 g/mol. The van der Waals surface area contributed by atoms with Gasteiger partial charge in [-0.05, 0) is 12.1 Å². The Morgan fingerprint density at radius 1 is 1.40 bits per heavy atom. The number of pyridine rings is 1. The van der Waals surface area contributed by atoms with Crippen molar-refractivity contribution < 1.29 is 9.90 Å². The number of H-pyrrole nitrogens is 2. The van der Waals surface area contributed by atoms with Gasteiger partial charge in [0.1, 0.15) is 11.8 Å². The highest BCUT2D eigenvalue weighted by molar-refractivity contribution is 6.05. The zero-order valence-electron chi connectivity index (χ0n) is 9.80. The molecule has 2 heterocycles. The summed E-state index contributed by atoms with van der Waals surface area (Å²) >= 11 is 0. The standard InChI is InChI=1S/C11H7N5O4/c12-4-6-3-5(1-2-13-6)14-8(17)7-9(18)15-11(20)16-10(7)19/h1-3H,(H,13,14,17)(H3,15,16,18,19,20). The fourth-order valence-corrected chi connectivity index (χ4v) is 1.45. The summed E-state index contributed by atoms with van der Waals surface area (Å²) in [7, 11) is 0. The molecule has 1 amide bonds. The quantitative estimate of drug-likeness (QED) is 0.567. The van der Waals surface area contributed by atoms with E-state index in [0.717, 1.165) is 0 Å². The Labute approximate surface area is 110 Å². The van der Waals surface area contributed by atoms with Crippen molar-refractivity contribution in [3.63, 3.8) is 0 Å². The molecule has 0 saturated heterocycles. The van der Waals surface area contributed by atoms with Gasteiger partial charge in [-0.1, -0.05) is 0 Å². The van der Waals surface area contributed by atoms with E-state index in [1.165, 1.54) is 18.3 Å². The Hall–Kier alpha value is -3.41. The number of amides is 1. The molecule has 0 saturated carbocycles. The molecule has 0 spiro atoms. The van der Waals surface area contributed by atoms with Crippen molar-refractivity contribution in [3.05, 3.63) is 50.4 Å². The van der Waals surface area contributed by atoms with Crippen molar-refractivity contribution in [2.24, 2.45) is 0 Å². The summed E-state index contributed by atoms with van der Waals surface area (Å²) in [4.78, 5) is 41.6. The highest BCUT2D eigenvalue weighted by atomic mass is 16.3. The van der Waals surface area contributed by atoms with Crippen LogP contribution in [0.5, 0.6) is 5.88 Å². The number of anilines is 1. The van der Waals surface area contributed by atoms with Crippen molar-refractivity contribution in [2.45, 2.75) is 0 Å². The maximum absolute atomic E-state index is 11.9. The van der Waals surface area contributed by atoms with Gasteiger partial charge in [-0.25, -0.2) is 9.78 Å². The first-order valence-corrected chi connectivity index (χ1v) is 5.24. The van der Waals surface area contributed by atoms with Crippen LogP contribution in [0.15, 0.2) is 27.9 Å². The van der Waals surface area contributed by atoms with Crippen molar-refractivity contribution in [2.75, 3.05) is 5.32 Å². The average molecular weight is 273 g/mol. The Kier molecular flexibility index (Phi) is 3.30. The van der Waals surface area contributed by atoms with Gasteiger partial charge in [-0.15, -0.1) is 0 Å². The van der Waals surface area contributed by atoms with Crippen molar-refractivity contribution >= 4 is 11.6 Å². The topological polar surface area (TPSA) is 152 Å². The summed E-state index contributed by atoms with van der Waals surface area (Å²) < 4.78 is 0. The molecule has 0 atom stereocenters. The van der Waals surface area contributed by atoms with Crippen LogP contribution in [0.25, 0.3) is 0 Å². The maximum Gasteiger partial charge on any atom is 0.328 e. The Balaban J connectivity index is 2.36. The van der Waals surface area contributed by atoms with E-state index in [1.807, 2.05) is 9.97 Å². The predicted octanol–water partition coefficient (Wildman–Crippen LogP) is -0.712.